The van der Waals surface area contributed by atoms with Gasteiger partial charge in [0.05, 0.1) is 11.5 Å². The number of anilines is 1. The first-order chi connectivity index (χ1) is 13.5. The Hall–Kier alpha value is -2.86. The molecule has 1 aromatic carbocycles. The van der Waals surface area contributed by atoms with Gasteiger partial charge in [-0.2, -0.15) is 5.26 Å². The molecule has 0 aromatic heterocycles. The summed E-state index contributed by atoms with van der Waals surface area (Å²) in [7, 11) is 2.16. The summed E-state index contributed by atoms with van der Waals surface area (Å²) in [6.07, 6.45) is 0.618. The maximum absolute atomic E-state index is 12.5. The minimum Gasteiger partial charge on any atom is -0.448 e. The molecule has 0 bridgehead atoms. The molecular weight excluding hydrogens is 394 g/mol. The number of carbonyl (C=O) groups excluding carboxylic acids is 2. The highest BCUT2D eigenvalue weighted by molar-refractivity contribution is 7.91. The number of esters is 1. The number of rotatable bonds is 6. The molecule has 1 aliphatic heterocycles. The second-order valence-electron chi connectivity index (χ2n) is 7.21. The van der Waals surface area contributed by atoms with Crippen LogP contribution in [0.25, 0.3) is 6.08 Å². The molecule has 0 spiro atoms. The summed E-state index contributed by atoms with van der Waals surface area (Å²) in [5.74, 6) is -1.47. The van der Waals surface area contributed by atoms with Gasteiger partial charge in [0.25, 0.3) is 5.91 Å². The molecule has 29 heavy (non-hydrogen) atoms. The van der Waals surface area contributed by atoms with E-state index in [0.717, 1.165) is 5.69 Å². The van der Waals surface area contributed by atoms with Gasteiger partial charge in [-0.15, -0.1) is 0 Å². The summed E-state index contributed by atoms with van der Waals surface area (Å²) in [5, 5.41) is 9.30. The molecule has 1 saturated heterocycles. The number of hydrogen-bond donors (Lipinski definition) is 0. The first kappa shape index (κ1) is 22.4. The number of hydrogen-bond acceptors (Lipinski definition) is 7. The smallest absolute Gasteiger partial charge is 0.349 e. The van der Waals surface area contributed by atoms with Gasteiger partial charge >= 0.3 is 5.97 Å². The number of benzene rings is 1. The lowest BCUT2D eigenvalue weighted by atomic mass is 10.1. The van der Waals surface area contributed by atoms with Crippen molar-refractivity contribution in [1.82, 2.24) is 4.90 Å². The molecule has 2 unspecified atom stereocenters. The quantitative estimate of drug-likeness (QED) is 0.388. The van der Waals surface area contributed by atoms with Gasteiger partial charge in [0.2, 0.25) is 0 Å². The number of ether oxygens (including phenoxy) is 1. The van der Waals surface area contributed by atoms with Gasteiger partial charge in [0.15, 0.2) is 15.9 Å². The summed E-state index contributed by atoms with van der Waals surface area (Å²) in [4.78, 5) is 28.0. The molecule has 1 aromatic rings. The Morgan fingerprint density at radius 2 is 1.86 bits per heavy atom. The SMILES string of the molecule is CC(OC(=O)/C(C#N)=C/c1ccc(N(C)C)cc1)C(=O)N(C)C1CCS(=O)(=O)C1. The Labute approximate surface area is 171 Å². The van der Waals surface area contributed by atoms with Crippen LogP contribution < -0.4 is 4.90 Å². The number of likely N-dealkylation sites (N-methyl/N-ethyl adjacent to an activating group) is 1. The Kier molecular flexibility index (Phi) is 7.03. The minimum absolute atomic E-state index is 0.0391. The van der Waals surface area contributed by atoms with E-state index < -0.39 is 33.9 Å². The predicted molar refractivity (Wildman–Crippen MR) is 110 cm³/mol. The van der Waals surface area contributed by atoms with E-state index in [9.17, 15) is 23.3 Å². The van der Waals surface area contributed by atoms with E-state index in [1.54, 1.807) is 18.2 Å². The molecule has 9 heteroatoms. The first-order valence-electron chi connectivity index (χ1n) is 9.11. The predicted octanol–water partition coefficient (Wildman–Crippen LogP) is 1.24. The lowest BCUT2D eigenvalue weighted by Gasteiger charge is -2.26. The second kappa shape index (κ2) is 9.09. The number of carbonyl (C=O) groups is 2. The average molecular weight is 420 g/mol. The number of sulfone groups is 1. The van der Waals surface area contributed by atoms with Gasteiger partial charge in [-0.25, -0.2) is 13.2 Å². The highest BCUT2D eigenvalue weighted by atomic mass is 32.2. The van der Waals surface area contributed by atoms with Gasteiger partial charge in [-0.3, -0.25) is 4.79 Å². The Bertz CT molecular complexity index is 945. The zero-order chi connectivity index (χ0) is 21.8. The lowest BCUT2D eigenvalue weighted by molar-refractivity contribution is -0.155. The van der Waals surface area contributed by atoms with Crippen molar-refractivity contribution in [2.75, 3.05) is 37.5 Å². The number of amides is 1. The Morgan fingerprint density at radius 3 is 2.34 bits per heavy atom. The van der Waals surface area contributed by atoms with Crippen molar-refractivity contribution in [3.05, 3.63) is 35.4 Å². The fourth-order valence-electron chi connectivity index (χ4n) is 2.99. The molecule has 156 valence electrons. The van der Waals surface area contributed by atoms with Crippen LogP contribution in [-0.2, 0) is 24.2 Å². The summed E-state index contributed by atoms with van der Waals surface area (Å²) < 4.78 is 28.4. The standard InChI is InChI=1S/C20H25N3O5S/c1-14(19(24)23(4)18-9-10-29(26,27)13-18)28-20(25)16(12-21)11-15-5-7-17(8-6-15)22(2)3/h5-8,11,14,18H,9-10,13H2,1-4H3/b16-11+. The second-order valence-corrected chi connectivity index (χ2v) is 9.44. The van der Waals surface area contributed by atoms with Gasteiger partial charge in [-0.1, -0.05) is 12.1 Å². The third kappa shape index (κ3) is 5.81. The van der Waals surface area contributed by atoms with E-state index in [4.69, 9.17) is 4.74 Å². The van der Waals surface area contributed by atoms with Crippen LogP contribution in [0.1, 0.15) is 18.9 Å². The number of nitrogens with zero attached hydrogens (tertiary/aromatic N) is 3. The van der Waals surface area contributed by atoms with Gasteiger partial charge in [0, 0.05) is 32.9 Å². The van der Waals surface area contributed by atoms with Gasteiger partial charge in [-0.05, 0) is 37.1 Å². The maximum atomic E-state index is 12.5. The van der Waals surface area contributed by atoms with Crippen molar-refractivity contribution >= 4 is 33.5 Å². The number of nitriles is 1. The topological polar surface area (TPSA) is 108 Å². The summed E-state index contributed by atoms with van der Waals surface area (Å²) in [6, 6.07) is 8.60. The van der Waals surface area contributed by atoms with Crippen molar-refractivity contribution in [1.29, 1.82) is 5.26 Å². The van der Waals surface area contributed by atoms with Crippen molar-refractivity contribution in [3.63, 3.8) is 0 Å². The maximum Gasteiger partial charge on any atom is 0.349 e. The van der Waals surface area contributed by atoms with Crippen LogP contribution in [-0.4, -0.2) is 70.0 Å². The molecule has 0 aliphatic carbocycles. The molecule has 1 fully saturated rings. The largest absolute Gasteiger partial charge is 0.448 e. The van der Waals surface area contributed by atoms with Crippen molar-refractivity contribution in [2.24, 2.45) is 0 Å². The summed E-state index contributed by atoms with van der Waals surface area (Å²) in [6.45, 7) is 1.40. The normalized spacial score (nSPS) is 19.1. The molecule has 1 aliphatic rings. The average Bonchev–Trinajstić information content (AvgIpc) is 3.04. The van der Waals surface area contributed by atoms with E-state index in [1.165, 1.54) is 24.9 Å². The lowest BCUT2D eigenvalue weighted by Crippen LogP contribution is -2.44. The van der Waals surface area contributed by atoms with E-state index in [1.807, 2.05) is 31.1 Å². The molecule has 2 atom stereocenters. The van der Waals surface area contributed by atoms with Crippen LogP contribution in [0.2, 0.25) is 0 Å². The van der Waals surface area contributed by atoms with Crippen LogP contribution in [0.4, 0.5) is 5.69 Å². The summed E-state index contributed by atoms with van der Waals surface area (Å²) >= 11 is 0. The van der Waals surface area contributed by atoms with Crippen LogP contribution in [0.5, 0.6) is 0 Å². The van der Waals surface area contributed by atoms with Crippen molar-refractivity contribution < 1.29 is 22.7 Å². The van der Waals surface area contributed by atoms with Gasteiger partial charge < -0.3 is 14.5 Å². The monoisotopic (exact) mass is 419 g/mol. The van der Waals surface area contributed by atoms with E-state index in [-0.39, 0.29) is 17.1 Å². The third-order valence-corrected chi connectivity index (χ3v) is 6.55. The van der Waals surface area contributed by atoms with Crippen LogP contribution >= 0.6 is 0 Å². The fraction of sp³-hybridized carbons (Fsp3) is 0.450. The van der Waals surface area contributed by atoms with Crippen LogP contribution in [0.3, 0.4) is 0 Å². The Balaban J connectivity index is 2.04. The molecule has 0 radical (unpaired) electrons. The first-order valence-corrected chi connectivity index (χ1v) is 10.9. The molecule has 0 N–H and O–H groups in total. The molecule has 1 heterocycles. The molecule has 0 saturated carbocycles. The molecular formula is C20H25N3O5S. The minimum atomic E-state index is -3.14. The summed E-state index contributed by atoms with van der Waals surface area (Å²) in [5.41, 5.74) is 1.39. The van der Waals surface area contributed by atoms with Gasteiger partial charge in [0.1, 0.15) is 11.6 Å². The van der Waals surface area contributed by atoms with Crippen molar-refractivity contribution in [3.8, 4) is 6.07 Å². The zero-order valence-electron chi connectivity index (χ0n) is 17.0. The van der Waals surface area contributed by atoms with Crippen LogP contribution in [0.15, 0.2) is 29.8 Å². The van der Waals surface area contributed by atoms with Crippen molar-refractivity contribution in [2.45, 2.75) is 25.5 Å². The fourth-order valence-corrected chi connectivity index (χ4v) is 4.77. The molecule has 8 nitrogen and oxygen atoms in total. The van der Waals surface area contributed by atoms with Crippen LogP contribution in [0, 0.1) is 11.3 Å². The highest BCUT2D eigenvalue weighted by Crippen LogP contribution is 2.19. The van der Waals surface area contributed by atoms with E-state index in [0.29, 0.717) is 12.0 Å². The Morgan fingerprint density at radius 1 is 1.24 bits per heavy atom. The molecule has 2 rings (SSSR count). The van der Waals surface area contributed by atoms with E-state index >= 15 is 0 Å². The van der Waals surface area contributed by atoms with E-state index in [2.05, 4.69) is 0 Å². The highest BCUT2D eigenvalue weighted by Gasteiger charge is 2.35. The zero-order valence-corrected chi connectivity index (χ0v) is 17.8. The molecule has 1 amide bonds. The third-order valence-electron chi connectivity index (χ3n) is 4.80.